The standard InChI is InChI=1S/C19H15F3N4O5/c1-31-12-5-6-13-14(8-12)15(23-18(28)19(20,21)22)9-16(13)24-25-17(27)10-3-2-4-11(7-10)26(29)30/h2-8,15H,9H2,1H3,(H,23,28)(H,25,27)/t15-/m0/s1. The number of nitro groups is 1. The number of rotatable bonds is 5. The first-order chi connectivity index (χ1) is 14.6. The van der Waals surface area contributed by atoms with E-state index in [2.05, 4.69) is 10.5 Å². The lowest BCUT2D eigenvalue weighted by Gasteiger charge is -2.15. The summed E-state index contributed by atoms with van der Waals surface area (Å²) in [5, 5.41) is 16.7. The number of methoxy groups -OCH3 is 1. The Balaban J connectivity index is 1.85. The van der Waals surface area contributed by atoms with Crippen molar-refractivity contribution in [2.24, 2.45) is 5.10 Å². The van der Waals surface area contributed by atoms with Crippen LogP contribution < -0.4 is 15.5 Å². The van der Waals surface area contributed by atoms with Crippen LogP contribution >= 0.6 is 0 Å². The minimum atomic E-state index is -5.06. The molecule has 0 bridgehead atoms. The number of hydrazone groups is 1. The molecule has 12 heteroatoms. The van der Waals surface area contributed by atoms with E-state index in [1.807, 2.05) is 5.32 Å². The summed E-state index contributed by atoms with van der Waals surface area (Å²) in [6, 6.07) is 8.51. The number of ether oxygens (including phenoxy) is 1. The van der Waals surface area contributed by atoms with E-state index in [1.54, 1.807) is 12.1 Å². The van der Waals surface area contributed by atoms with Gasteiger partial charge in [-0.15, -0.1) is 0 Å². The van der Waals surface area contributed by atoms with Crippen molar-refractivity contribution in [1.82, 2.24) is 10.7 Å². The molecule has 31 heavy (non-hydrogen) atoms. The van der Waals surface area contributed by atoms with Gasteiger partial charge >= 0.3 is 12.1 Å². The lowest BCUT2D eigenvalue weighted by Crippen LogP contribution is -2.38. The normalized spacial score (nSPS) is 16.5. The van der Waals surface area contributed by atoms with Crippen molar-refractivity contribution in [2.75, 3.05) is 7.11 Å². The van der Waals surface area contributed by atoms with Crippen LogP contribution in [0.3, 0.4) is 0 Å². The van der Waals surface area contributed by atoms with Crippen LogP contribution in [0.1, 0.15) is 33.9 Å². The first-order valence-electron chi connectivity index (χ1n) is 8.77. The second-order valence-corrected chi connectivity index (χ2v) is 6.49. The first kappa shape index (κ1) is 21.7. The van der Waals surface area contributed by atoms with Crippen molar-refractivity contribution in [2.45, 2.75) is 18.6 Å². The van der Waals surface area contributed by atoms with Crippen molar-refractivity contribution < 1.29 is 32.4 Å². The fourth-order valence-electron chi connectivity index (χ4n) is 3.05. The van der Waals surface area contributed by atoms with E-state index >= 15 is 0 Å². The summed E-state index contributed by atoms with van der Waals surface area (Å²) in [6.45, 7) is 0. The second-order valence-electron chi connectivity index (χ2n) is 6.49. The molecular formula is C19H15F3N4O5. The van der Waals surface area contributed by atoms with Crippen LogP contribution in [0.5, 0.6) is 5.75 Å². The van der Waals surface area contributed by atoms with Gasteiger partial charge in [0.15, 0.2) is 0 Å². The summed E-state index contributed by atoms with van der Waals surface area (Å²) in [5.41, 5.74) is 2.93. The van der Waals surface area contributed by atoms with E-state index in [1.165, 1.54) is 31.4 Å². The number of benzene rings is 2. The van der Waals surface area contributed by atoms with Gasteiger partial charge in [0, 0.05) is 29.7 Å². The number of fused-ring (bicyclic) bond motifs is 1. The van der Waals surface area contributed by atoms with Gasteiger partial charge in [-0.3, -0.25) is 19.7 Å². The topological polar surface area (TPSA) is 123 Å². The number of amides is 2. The summed E-state index contributed by atoms with van der Waals surface area (Å²) in [6.07, 6.45) is -5.17. The second kappa shape index (κ2) is 8.42. The van der Waals surface area contributed by atoms with Crippen LogP contribution in [0.15, 0.2) is 47.6 Å². The molecule has 0 fully saturated rings. The molecule has 3 rings (SSSR count). The summed E-state index contributed by atoms with van der Waals surface area (Å²) in [4.78, 5) is 33.9. The highest BCUT2D eigenvalue weighted by Gasteiger charge is 2.41. The Morgan fingerprint density at radius 2 is 1.97 bits per heavy atom. The average Bonchev–Trinajstić information content (AvgIpc) is 3.07. The largest absolute Gasteiger partial charge is 0.497 e. The number of nitrogens with zero attached hydrogens (tertiary/aromatic N) is 2. The van der Waals surface area contributed by atoms with Gasteiger partial charge in [0.25, 0.3) is 11.6 Å². The first-order valence-corrected chi connectivity index (χ1v) is 8.77. The van der Waals surface area contributed by atoms with E-state index in [0.717, 1.165) is 6.07 Å². The zero-order valence-electron chi connectivity index (χ0n) is 15.9. The highest BCUT2D eigenvalue weighted by molar-refractivity contribution is 6.07. The third-order valence-corrected chi connectivity index (χ3v) is 4.52. The van der Waals surface area contributed by atoms with Gasteiger partial charge < -0.3 is 10.1 Å². The Kier molecular flexibility index (Phi) is 5.90. The third kappa shape index (κ3) is 4.79. The van der Waals surface area contributed by atoms with Crippen molar-refractivity contribution in [3.8, 4) is 5.75 Å². The SMILES string of the molecule is COc1ccc2c(c1)[C@@H](NC(=O)C(F)(F)F)CC2=NNC(=O)c1cccc([N+](=O)[O-])c1. The predicted molar refractivity (Wildman–Crippen MR) is 102 cm³/mol. The Labute approximate surface area is 173 Å². The molecule has 2 N–H and O–H groups in total. The lowest BCUT2D eigenvalue weighted by atomic mass is 10.1. The summed E-state index contributed by atoms with van der Waals surface area (Å²) in [7, 11) is 1.38. The molecule has 9 nitrogen and oxygen atoms in total. The molecule has 162 valence electrons. The highest BCUT2D eigenvalue weighted by Crippen LogP contribution is 2.35. The predicted octanol–water partition coefficient (Wildman–Crippen LogP) is 2.86. The van der Waals surface area contributed by atoms with Crippen molar-refractivity contribution in [3.63, 3.8) is 0 Å². The monoisotopic (exact) mass is 436 g/mol. The summed E-state index contributed by atoms with van der Waals surface area (Å²) in [5.74, 6) is -2.48. The number of nitro benzene ring substituents is 1. The average molecular weight is 436 g/mol. The molecule has 0 heterocycles. The molecule has 2 amide bonds. The number of alkyl halides is 3. The Morgan fingerprint density at radius 3 is 2.61 bits per heavy atom. The number of halogens is 3. The molecular weight excluding hydrogens is 421 g/mol. The number of hydrogen-bond donors (Lipinski definition) is 2. The molecule has 1 aliphatic carbocycles. The smallest absolute Gasteiger partial charge is 0.471 e. The maximum atomic E-state index is 12.7. The quantitative estimate of drug-likeness (QED) is 0.551. The zero-order valence-corrected chi connectivity index (χ0v) is 15.9. The minimum Gasteiger partial charge on any atom is -0.497 e. The van der Waals surface area contributed by atoms with Crippen LogP contribution in [0.2, 0.25) is 0 Å². The van der Waals surface area contributed by atoms with Crippen LogP contribution in [0.25, 0.3) is 0 Å². The molecule has 0 spiro atoms. The highest BCUT2D eigenvalue weighted by atomic mass is 19.4. The van der Waals surface area contributed by atoms with Crippen molar-refractivity contribution in [3.05, 3.63) is 69.3 Å². The molecule has 0 radical (unpaired) electrons. The van der Waals surface area contributed by atoms with E-state index in [-0.39, 0.29) is 23.4 Å². The van der Waals surface area contributed by atoms with E-state index in [4.69, 9.17) is 4.74 Å². The molecule has 0 aliphatic heterocycles. The van der Waals surface area contributed by atoms with Gasteiger partial charge in [0.2, 0.25) is 0 Å². The third-order valence-electron chi connectivity index (χ3n) is 4.52. The summed E-state index contributed by atoms with van der Waals surface area (Å²) < 4.78 is 43.1. The molecule has 2 aromatic rings. The minimum absolute atomic E-state index is 0.0200. The number of carbonyl (C=O) groups excluding carboxylic acids is 2. The Bertz CT molecular complexity index is 1080. The maximum Gasteiger partial charge on any atom is 0.471 e. The molecule has 1 aliphatic rings. The number of hydrogen-bond acceptors (Lipinski definition) is 6. The lowest BCUT2D eigenvalue weighted by molar-refractivity contribution is -0.384. The van der Waals surface area contributed by atoms with E-state index < -0.39 is 29.0 Å². The van der Waals surface area contributed by atoms with Crippen LogP contribution in [-0.2, 0) is 4.79 Å². The van der Waals surface area contributed by atoms with Gasteiger partial charge in [-0.2, -0.15) is 18.3 Å². The van der Waals surface area contributed by atoms with Gasteiger partial charge in [-0.25, -0.2) is 5.43 Å². The summed E-state index contributed by atoms with van der Waals surface area (Å²) >= 11 is 0. The molecule has 1 atom stereocenters. The molecule has 0 saturated carbocycles. The number of non-ortho nitro benzene ring substituents is 1. The number of carbonyl (C=O) groups is 2. The van der Waals surface area contributed by atoms with E-state index in [0.29, 0.717) is 16.9 Å². The van der Waals surface area contributed by atoms with Gasteiger partial charge in [-0.05, 0) is 29.8 Å². The van der Waals surface area contributed by atoms with Crippen molar-refractivity contribution in [1.29, 1.82) is 0 Å². The fraction of sp³-hybridized carbons (Fsp3) is 0.211. The maximum absolute atomic E-state index is 12.7. The van der Waals surface area contributed by atoms with Gasteiger partial charge in [0.05, 0.1) is 23.8 Å². The van der Waals surface area contributed by atoms with Gasteiger partial charge in [0.1, 0.15) is 5.75 Å². The van der Waals surface area contributed by atoms with Crippen LogP contribution in [-0.4, -0.2) is 35.7 Å². The molecule has 0 aromatic heterocycles. The van der Waals surface area contributed by atoms with E-state index in [9.17, 15) is 32.9 Å². The molecule has 0 saturated heterocycles. The fourth-order valence-corrected chi connectivity index (χ4v) is 3.05. The Morgan fingerprint density at radius 1 is 1.23 bits per heavy atom. The number of nitrogens with one attached hydrogen (secondary N) is 2. The van der Waals surface area contributed by atoms with Crippen LogP contribution in [0.4, 0.5) is 18.9 Å². The molecule has 2 aromatic carbocycles. The van der Waals surface area contributed by atoms with Crippen molar-refractivity contribution >= 4 is 23.2 Å². The zero-order chi connectivity index (χ0) is 22.8. The van der Waals surface area contributed by atoms with Gasteiger partial charge in [-0.1, -0.05) is 6.07 Å². The Hall–Kier alpha value is -3.96. The van der Waals surface area contributed by atoms with Crippen LogP contribution in [0, 0.1) is 10.1 Å². The molecule has 0 unspecified atom stereocenters.